The van der Waals surface area contributed by atoms with E-state index in [4.69, 9.17) is 18.7 Å². The Kier molecular flexibility index (Phi) is 4.97. The van der Waals surface area contributed by atoms with Crippen molar-refractivity contribution < 1.29 is 23.5 Å². The predicted molar refractivity (Wildman–Crippen MR) is 102 cm³/mol. The number of nitrogens with one attached hydrogen (secondary N) is 1. The summed E-state index contributed by atoms with van der Waals surface area (Å²) in [5.41, 5.74) is 2.33. The molecular weight excluding hydrogens is 360 g/mol. The summed E-state index contributed by atoms with van der Waals surface area (Å²) in [6.45, 7) is 0.482. The second kappa shape index (κ2) is 7.87. The van der Waals surface area contributed by atoms with Crippen LogP contribution in [0.15, 0.2) is 59.1 Å². The van der Waals surface area contributed by atoms with Gasteiger partial charge in [0, 0.05) is 17.7 Å². The quantitative estimate of drug-likeness (QED) is 0.662. The number of ether oxygens (including phenoxy) is 3. The van der Waals surface area contributed by atoms with Crippen molar-refractivity contribution in [3.05, 3.63) is 65.9 Å². The number of carbonyl (C=O) groups excluding carboxylic acids is 1. The molecule has 1 aliphatic heterocycles. The summed E-state index contributed by atoms with van der Waals surface area (Å²) in [5.74, 6) is 2.50. The Labute approximate surface area is 161 Å². The summed E-state index contributed by atoms with van der Waals surface area (Å²) in [6, 6.07) is 14.8. The SMILES string of the molecule is COc1cccc(-c2cc(CNC(=O)/C=C/c3ccc4c(c3)OCO4)no2)c1. The summed E-state index contributed by atoms with van der Waals surface area (Å²) in [7, 11) is 1.61. The fourth-order valence-electron chi connectivity index (χ4n) is 2.73. The standard InChI is InChI=1S/C21H18N2O5/c1-25-17-4-2-3-15(10-17)19-11-16(23-28-19)12-22-21(24)8-6-14-5-7-18-20(9-14)27-13-26-18/h2-11H,12-13H2,1H3,(H,22,24)/b8-6+. The van der Waals surface area contributed by atoms with Crippen molar-refractivity contribution in [1.82, 2.24) is 10.5 Å². The van der Waals surface area contributed by atoms with Crippen LogP contribution in [0.3, 0.4) is 0 Å². The zero-order valence-electron chi connectivity index (χ0n) is 15.2. The maximum absolute atomic E-state index is 12.1. The number of amides is 1. The minimum atomic E-state index is -0.233. The average Bonchev–Trinajstić information content (AvgIpc) is 3.39. The van der Waals surface area contributed by atoms with Gasteiger partial charge in [-0.1, -0.05) is 23.4 Å². The zero-order chi connectivity index (χ0) is 19.3. The molecule has 0 atom stereocenters. The molecule has 1 aliphatic rings. The Balaban J connectivity index is 1.34. The van der Waals surface area contributed by atoms with Gasteiger partial charge >= 0.3 is 0 Å². The maximum Gasteiger partial charge on any atom is 0.244 e. The molecule has 2 heterocycles. The van der Waals surface area contributed by atoms with Crippen LogP contribution in [-0.4, -0.2) is 25.0 Å². The molecule has 0 saturated carbocycles. The lowest BCUT2D eigenvalue weighted by Gasteiger charge is -2.00. The van der Waals surface area contributed by atoms with E-state index >= 15 is 0 Å². The van der Waals surface area contributed by atoms with Crippen LogP contribution in [0.2, 0.25) is 0 Å². The number of methoxy groups -OCH3 is 1. The number of rotatable bonds is 6. The molecule has 0 aliphatic carbocycles. The molecule has 7 heteroatoms. The smallest absolute Gasteiger partial charge is 0.244 e. The molecule has 0 spiro atoms. The highest BCUT2D eigenvalue weighted by Gasteiger charge is 2.12. The normalized spacial score (nSPS) is 12.3. The Bertz CT molecular complexity index is 1030. The van der Waals surface area contributed by atoms with E-state index in [1.165, 1.54) is 6.08 Å². The first-order chi connectivity index (χ1) is 13.7. The minimum Gasteiger partial charge on any atom is -0.497 e. The maximum atomic E-state index is 12.1. The third-order valence-electron chi connectivity index (χ3n) is 4.18. The Hall–Kier alpha value is -3.74. The van der Waals surface area contributed by atoms with Crippen LogP contribution in [0, 0.1) is 0 Å². The third-order valence-corrected chi connectivity index (χ3v) is 4.18. The molecule has 1 aromatic heterocycles. The first-order valence-electron chi connectivity index (χ1n) is 8.67. The van der Waals surface area contributed by atoms with Gasteiger partial charge in [0.2, 0.25) is 12.7 Å². The van der Waals surface area contributed by atoms with E-state index < -0.39 is 0 Å². The number of carbonyl (C=O) groups is 1. The van der Waals surface area contributed by atoms with Crippen molar-refractivity contribution in [3.8, 4) is 28.6 Å². The van der Waals surface area contributed by atoms with Gasteiger partial charge in [-0.05, 0) is 35.9 Å². The molecule has 2 aromatic carbocycles. The van der Waals surface area contributed by atoms with Crippen molar-refractivity contribution >= 4 is 12.0 Å². The fourth-order valence-corrected chi connectivity index (χ4v) is 2.73. The zero-order valence-corrected chi connectivity index (χ0v) is 15.2. The predicted octanol–water partition coefficient (Wildman–Crippen LogP) is 3.41. The van der Waals surface area contributed by atoms with Gasteiger partial charge in [-0.2, -0.15) is 0 Å². The Morgan fingerprint density at radius 2 is 2.07 bits per heavy atom. The van der Waals surface area contributed by atoms with Crippen LogP contribution in [0.5, 0.6) is 17.2 Å². The largest absolute Gasteiger partial charge is 0.497 e. The lowest BCUT2D eigenvalue weighted by Crippen LogP contribution is -2.20. The summed E-state index contributed by atoms with van der Waals surface area (Å²) >= 11 is 0. The van der Waals surface area contributed by atoms with Gasteiger partial charge in [-0.15, -0.1) is 0 Å². The number of benzene rings is 2. The Morgan fingerprint density at radius 1 is 1.18 bits per heavy atom. The van der Waals surface area contributed by atoms with Crippen molar-refractivity contribution in [2.75, 3.05) is 13.9 Å². The molecule has 1 N–H and O–H groups in total. The molecule has 0 fully saturated rings. The van der Waals surface area contributed by atoms with E-state index in [9.17, 15) is 4.79 Å². The number of hydrogen-bond acceptors (Lipinski definition) is 6. The molecule has 142 valence electrons. The van der Waals surface area contributed by atoms with E-state index in [1.54, 1.807) is 19.3 Å². The van der Waals surface area contributed by atoms with Crippen LogP contribution in [-0.2, 0) is 11.3 Å². The number of hydrogen-bond donors (Lipinski definition) is 1. The molecule has 7 nitrogen and oxygen atoms in total. The van der Waals surface area contributed by atoms with Crippen LogP contribution >= 0.6 is 0 Å². The van der Waals surface area contributed by atoms with Crippen molar-refractivity contribution in [1.29, 1.82) is 0 Å². The second-order valence-electron chi connectivity index (χ2n) is 6.08. The number of aromatic nitrogens is 1. The van der Waals surface area contributed by atoms with Crippen molar-refractivity contribution in [2.45, 2.75) is 6.54 Å². The highest BCUT2D eigenvalue weighted by molar-refractivity contribution is 5.91. The first kappa shape index (κ1) is 17.7. The summed E-state index contributed by atoms with van der Waals surface area (Å²) < 4.78 is 21.1. The highest BCUT2D eigenvalue weighted by Crippen LogP contribution is 2.32. The summed E-state index contributed by atoms with van der Waals surface area (Å²) in [4.78, 5) is 12.1. The average molecular weight is 378 g/mol. The highest BCUT2D eigenvalue weighted by atomic mass is 16.7. The van der Waals surface area contributed by atoms with Crippen LogP contribution in [0.1, 0.15) is 11.3 Å². The molecule has 28 heavy (non-hydrogen) atoms. The van der Waals surface area contributed by atoms with E-state index in [0.717, 1.165) is 16.9 Å². The molecule has 1 amide bonds. The number of fused-ring (bicyclic) bond motifs is 1. The van der Waals surface area contributed by atoms with Gasteiger partial charge in [0.25, 0.3) is 0 Å². The van der Waals surface area contributed by atoms with Crippen molar-refractivity contribution in [2.24, 2.45) is 0 Å². The lowest BCUT2D eigenvalue weighted by atomic mass is 10.1. The minimum absolute atomic E-state index is 0.221. The van der Waals surface area contributed by atoms with Gasteiger partial charge in [0.1, 0.15) is 11.4 Å². The van der Waals surface area contributed by atoms with Crippen LogP contribution in [0.4, 0.5) is 0 Å². The van der Waals surface area contributed by atoms with E-state index in [1.807, 2.05) is 42.5 Å². The topological polar surface area (TPSA) is 82.8 Å². The second-order valence-corrected chi connectivity index (χ2v) is 6.08. The molecule has 0 unspecified atom stereocenters. The first-order valence-corrected chi connectivity index (χ1v) is 8.67. The van der Waals surface area contributed by atoms with Crippen molar-refractivity contribution in [3.63, 3.8) is 0 Å². The van der Waals surface area contributed by atoms with Gasteiger partial charge in [0.15, 0.2) is 17.3 Å². The molecule has 0 bridgehead atoms. The molecule has 4 rings (SSSR count). The van der Waals surface area contributed by atoms with E-state index in [0.29, 0.717) is 23.0 Å². The Morgan fingerprint density at radius 3 is 2.96 bits per heavy atom. The van der Waals surface area contributed by atoms with Gasteiger partial charge in [0.05, 0.1) is 13.7 Å². The summed E-state index contributed by atoms with van der Waals surface area (Å²) in [5, 5.41) is 6.77. The van der Waals surface area contributed by atoms with Gasteiger partial charge in [-0.25, -0.2) is 0 Å². The molecular formula is C21H18N2O5. The van der Waals surface area contributed by atoms with Gasteiger partial charge in [-0.3, -0.25) is 4.79 Å². The van der Waals surface area contributed by atoms with Crippen LogP contribution < -0.4 is 19.5 Å². The molecule has 0 radical (unpaired) electrons. The van der Waals surface area contributed by atoms with Crippen LogP contribution in [0.25, 0.3) is 17.4 Å². The number of nitrogens with zero attached hydrogens (tertiary/aromatic N) is 1. The third kappa shape index (κ3) is 3.98. The van der Waals surface area contributed by atoms with E-state index in [-0.39, 0.29) is 19.2 Å². The molecule has 3 aromatic rings. The molecule has 0 saturated heterocycles. The lowest BCUT2D eigenvalue weighted by molar-refractivity contribution is -0.116. The van der Waals surface area contributed by atoms with E-state index in [2.05, 4.69) is 10.5 Å². The fraction of sp³-hybridized carbons (Fsp3) is 0.143. The summed E-state index contributed by atoms with van der Waals surface area (Å²) in [6.07, 6.45) is 3.17. The monoisotopic (exact) mass is 378 g/mol. The van der Waals surface area contributed by atoms with Gasteiger partial charge < -0.3 is 24.1 Å².